The van der Waals surface area contributed by atoms with Gasteiger partial charge in [-0.15, -0.1) is 23.1 Å². The molecule has 2 aromatic carbocycles. The minimum Gasteiger partial charge on any atom is -0.444 e. The van der Waals surface area contributed by atoms with Gasteiger partial charge in [-0.3, -0.25) is 20.2 Å². The van der Waals surface area contributed by atoms with Gasteiger partial charge < -0.3 is 15.2 Å². The highest BCUT2D eigenvalue weighted by Gasteiger charge is 2.34. The lowest BCUT2D eigenvalue weighted by molar-refractivity contribution is -0.387. The van der Waals surface area contributed by atoms with Gasteiger partial charge in [-0.05, 0) is 63.3 Å². The summed E-state index contributed by atoms with van der Waals surface area (Å²) < 4.78 is 33.6. The van der Waals surface area contributed by atoms with Crippen LogP contribution in [0, 0.1) is 17.0 Å². The van der Waals surface area contributed by atoms with E-state index >= 15 is 0 Å². The molecule has 41 heavy (non-hydrogen) atoms. The maximum Gasteiger partial charge on any atom is 0.412 e. The number of carbonyl (C=O) groups is 2. The van der Waals surface area contributed by atoms with Crippen LogP contribution >= 0.6 is 23.1 Å². The van der Waals surface area contributed by atoms with E-state index in [1.807, 2.05) is 0 Å². The molecule has 0 bridgehead atoms. The number of rotatable bonds is 9. The SMILES string of the molecule is CSc1sc(N=CNC(=O)OC(C)(C)C)cc1S(=O)(=O)c1c([N+](=O)[O-])ccc(-c2ccccc2NC(=O)CO)c1C. The Bertz CT molecular complexity index is 1630. The number of thioether (sulfide) groups is 1. The standard InChI is InChI=1S/C26H28N4O8S3/c1-15-16(17-8-6-7-9-18(17)29-21(32)13-31)10-11-19(30(34)35)23(15)41(36,37)20-12-22(40-24(20)39-5)27-14-28-25(33)38-26(2,3)4/h6-12,14,31H,13H2,1-5H3,(H,29,32)(H,27,28,33). The average molecular weight is 621 g/mol. The van der Waals surface area contributed by atoms with E-state index in [-0.39, 0.29) is 15.5 Å². The van der Waals surface area contributed by atoms with Gasteiger partial charge in [-0.1, -0.05) is 18.2 Å². The van der Waals surface area contributed by atoms with Gasteiger partial charge in [0.2, 0.25) is 15.7 Å². The van der Waals surface area contributed by atoms with Crippen LogP contribution in [-0.2, 0) is 19.4 Å². The van der Waals surface area contributed by atoms with Crippen molar-refractivity contribution in [3.63, 3.8) is 0 Å². The Morgan fingerprint density at radius 3 is 2.49 bits per heavy atom. The number of ether oxygens (including phenoxy) is 1. The fraction of sp³-hybridized carbons (Fsp3) is 0.269. The van der Waals surface area contributed by atoms with Crippen LogP contribution in [0.5, 0.6) is 0 Å². The third-order valence-corrected chi connectivity index (χ3v) is 9.78. The Balaban J connectivity index is 2.12. The van der Waals surface area contributed by atoms with Crippen LogP contribution in [0.4, 0.5) is 21.2 Å². The molecule has 0 aliphatic rings. The van der Waals surface area contributed by atoms with Crippen LogP contribution in [0.3, 0.4) is 0 Å². The van der Waals surface area contributed by atoms with Crippen molar-refractivity contribution in [2.45, 2.75) is 47.3 Å². The van der Waals surface area contributed by atoms with Crippen molar-refractivity contribution >= 4 is 67.7 Å². The number of sulfone groups is 1. The van der Waals surface area contributed by atoms with E-state index in [9.17, 15) is 28.1 Å². The number of anilines is 1. The highest BCUT2D eigenvalue weighted by atomic mass is 32.2. The van der Waals surface area contributed by atoms with Crippen LogP contribution < -0.4 is 10.6 Å². The Morgan fingerprint density at radius 1 is 1.20 bits per heavy atom. The van der Waals surface area contributed by atoms with E-state index in [1.54, 1.807) is 51.3 Å². The zero-order valence-electron chi connectivity index (χ0n) is 22.8. The van der Waals surface area contributed by atoms with E-state index < -0.39 is 49.6 Å². The number of thiophene rings is 1. The molecule has 15 heteroatoms. The third-order valence-electron chi connectivity index (χ3n) is 5.39. The fourth-order valence-electron chi connectivity index (χ4n) is 3.77. The number of hydrogen-bond donors (Lipinski definition) is 3. The maximum absolute atomic E-state index is 14.0. The van der Waals surface area contributed by atoms with Gasteiger partial charge in [0.25, 0.3) is 5.69 Å². The number of para-hydroxylation sites is 1. The van der Waals surface area contributed by atoms with Crippen LogP contribution in [-0.4, -0.2) is 55.3 Å². The number of aliphatic hydroxyl groups is 1. The van der Waals surface area contributed by atoms with Gasteiger partial charge in [0.15, 0.2) is 4.90 Å². The van der Waals surface area contributed by atoms with E-state index in [2.05, 4.69) is 15.6 Å². The minimum atomic E-state index is -4.47. The number of nitrogens with one attached hydrogen (secondary N) is 2. The van der Waals surface area contributed by atoms with Crippen molar-refractivity contribution < 1.29 is 32.8 Å². The molecule has 3 aromatic rings. The van der Waals surface area contributed by atoms with Gasteiger partial charge in [-0.25, -0.2) is 18.2 Å². The normalized spacial score (nSPS) is 11.9. The topological polar surface area (TPSA) is 177 Å². The molecule has 1 heterocycles. The van der Waals surface area contributed by atoms with Crippen molar-refractivity contribution in [3.8, 4) is 11.1 Å². The summed E-state index contributed by atoms with van der Waals surface area (Å²) in [6.07, 6.45) is 2.00. The number of aliphatic imine (C=N–C) groups is 1. The smallest absolute Gasteiger partial charge is 0.412 e. The number of nitro groups is 1. The number of aliphatic hydroxyl groups excluding tert-OH is 1. The molecule has 0 spiro atoms. The molecule has 0 aliphatic carbocycles. The van der Waals surface area contributed by atoms with Crippen molar-refractivity contribution in [2.75, 3.05) is 18.2 Å². The molecule has 3 N–H and O–H groups in total. The molecule has 0 saturated heterocycles. The maximum atomic E-state index is 14.0. The lowest BCUT2D eigenvalue weighted by Gasteiger charge is -2.18. The predicted octanol–water partition coefficient (Wildman–Crippen LogP) is 5.30. The van der Waals surface area contributed by atoms with Gasteiger partial charge in [-0.2, -0.15) is 0 Å². The number of alkyl carbamates (subject to hydrolysis) is 1. The second-order valence-corrected chi connectivity index (χ2v) is 13.4. The number of amides is 2. The first kappa shape index (κ1) is 31.7. The van der Waals surface area contributed by atoms with Crippen molar-refractivity contribution in [1.82, 2.24) is 5.32 Å². The molecule has 0 unspecified atom stereocenters. The summed E-state index contributed by atoms with van der Waals surface area (Å²) in [7, 11) is -4.47. The second kappa shape index (κ2) is 12.8. The lowest BCUT2D eigenvalue weighted by atomic mass is 9.98. The molecule has 12 nitrogen and oxygen atoms in total. The summed E-state index contributed by atoms with van der Waals surface area (Å²) in [5, 5.41) is 26.3. The molecule has 0 atom stereocenters. The van der Waals surface area contributed by atoms with Crippen LogP contribution in [0.25, 0.3) is 11.1 Å². The van der Waals surface area contributed by atoms with Crippen molar-refractivity contribution in [1.29, 1.82) is 0 Å². The summed E-state index contributed by atoms with van der Waals surface area (Å²) in [6.45, 7) is 5.79. The monoisotopic (exact) mass is 620 g/mol. The predicted molar refractivity (Wildman–Crippen MR) is 158 cm³/mol. The minimum absolute atomic E-state index is 0.0970. The summed E-state index contributed by atoms with van der Waals surface area (Å²) >= 11 is 2.16. The molecule has 0 saturated carbocycles. The molecule has 0 fully saturated rings. The molecule has 0 aliphatic heterocycles. The van der Waals surface area contributed by atoms with E-state index in [1.165, 1.54) is 19.1 Å². The van der Waals surface area contributed by atoms with Crippen molar-refractivity contribution in [3.05, 3.63) is 58.1 Å². The van der Waals surface area contributed by atoms with Gasteiger partial charge in [0, 0.05) is 17.3 Å². The third kappa shape index (κ3) is 7.49. The Kier molecular flexibility index (Phi) is 9.91. The molecule has 0 radical (unpaired) electrons. The van der Waals surface area contributed by atoms with Crippen LogP contribution in [0.2, 0.25) is 0 Å². The second-order valence-electron chi connectivity index (χ2n) is 9.44. The molecular formula is C26H28N4O8S3. The Labute approximate surface area is 244 Å². The summed E-state index contributed by atoms with van der Waals surface area (Å²) in [5.41, 5.74) is -0.199. The summed E-state index contributed by atoms with van der Waals surface area (Å²) in [5.74, 6) is -0.679. The molecule has 3 rings (SSSR count). The Hall–Kier alpha value is -3.79. The number of nitrogens with zero attached hydrogens (tertiary/aromatic N) is 2. The fourth-order valence-corrected chi connectivity index (χ4v) is 8.00. The molecule has 1 aromatic heterocycles. The first-order valence-corrected chi connectivity index (χ1v) is 15.4. The largest absolute Gasteiger partial charge is 0.444 e. The highest BCUT2D eigenvalue weighted by Crippen LogP contribution is 2.45. The number of carbonyl (C=O) groups excluding carboxylic acids is 2. The lowest BCUT2D eigenvalue weighted by Crippen LogP contribution is -2.31. The van der Waals surface area contributed by atoms with Gasteiger partial charge in [0.05, 0.1) is 20.4 Å². The van der Waals surface area contributed by atoms with Gasteiger partial charge >= 0.3 is 6.09 Å². The average Bonchev–Trinajstić information content (AvgIpc) is 3.32. The zero-order valence-corrected chi connectivity index (χ0v) is 25.2. The quantitative estimate of drug-likeness (QED) is 0.0941. The number of nitro benzene ring substituents is 1. The highest BCUT2D eigenvalue weighted by molar-refractivity contribution is 8.01. The molecule has 2 amide bonds. The van der Waals surface area contributed by atoms with Crippen molar-refractivity contribution in [2.24, 2.45) is 4.99 Å². The molecule has 218 valence electrons. The van der Waals surface area contributed by atoms with E-state index in [0.29, 0.717) is 21.0 Å². The van der Waals surface area contributed by atoms with Crippen LogP contribution in [0.15, 0.2) is 61.5 Å². The number of benzene rings is 2. The molecular weight excluding hydrogens is 593 g/mol. The van der Waals surface area contributed by atoms with Crippen LogP contribution in [0.1, 0.15) is 26.3 Å². The van der Waals surface area contributed by atoms with E-state index in [4.69, 9.17) is 9.84 Å². The Morgan fingerprint density at radius 2 is 1.88 bits per heavy atom. The van der Waals surface area contributed by atoms with E-state index in [0.717, 1.165) is 35.5 Å². The summed E-state index contributed by atoms with van der Waals surface area (Å²) in [4.78, 5) is 38.4. The van der Waals surface area contributed by atoms with Gasteiger partial charge in [0.1, 0.15) is 17.2 Å². The first-order valence-electron chi connectivity index (χ1n) is 11.9. The first-order chi connectivity index (χ1) is 19.2. The number of hydrogen-bond acceptors (Lipinski definition) is 11. The summed E-state index contributed by atoms with van der Waals surface area (Å²) in [6, 6.07) is 10.3. The zero-order chi connectivity index (χ0) is 30.5.